The summed E-state index contributed by atoms with van der Waals surface area (Å²) in [7, 11) is 0. The van der Waals surface area contributed by atoms with Crippen molar-refractivity contribution in [1.29, 1.82) is 0 Å². The number of benzene rings is 1. The summed E-state index contributed by atoms with van der Waals surface area (Å²) in [6, 6.07) is 2.92. The van der Waals surface area contributed by atoms with Crippen molar-refractivity contribution in [3.8, 4) is 0 Å². The van der Waals surface area contributed by atoms with Gasteiger partial charge in [-0.05, 0) is 19.9 Å². The quantitative estimate of drug-likeness (QED) is 0.744. The molecule has 2 aromatic rings. The molecule has 1 aromatic carbocycles. The fraction of sp³-hybridized carbons (Fsp3) is 0.391. The van der Waals surface area contributed by atoms with Crippen LogP contribution >= 0.6 is 0 Å². The van der Waals surface area contributed by atoms with E-state index in [0.717, 1.165) is 18.4 Å². The number of carbonyl (C=O) groups excluding carboxylic acids is 1. The number of imidazole rings is 1. The van der Waals surface area contributed by atoms with Crippen LogP contribution < -0.4 is 5.32 Å². The molecule has 5 rings (SSSR count). The summed E-state index contributed by atoms with van der Waals surface area (Å²) in [5.74, 6) is 0.485. The van der Waals surface area contributed by atoms with E-state index in [2.05, 4.69) is 19.9 Å². The molecule has 0 spiro atoms. The van der Waals surface area contributed by atoms with Crippen molar-refractivity contribution in [2.45, 2.75) is 45.4 Å². The number of hydrazone groups is 1. The topological polar surface area (TPSA) is 78.1 Å². The lowest BCUT2D eigenvalue weighted by molar-refractivity contribution is -0.117. The Morgan fingerprint density at radius 3 is 2.82 bits per heavy atom. The van der Waals surface area contributed by atoms with E-state index in [1.807, 2.05) is 18.0 Å². The summed E-state index contributed by atoms with van der Waals surface area (Å²) in [5.41, 5.74) is -0.382. The van der Waals surface area contributed by atoms with Crippen LogP contribution in [0.15, 0.2) is 52.3 Å². The van der Waals surface area contributed by atoms with E-state index >= 15 is 0 Å². The minimum Gasteiger partial charge on any atom is -0.346 e. The van der Waals surface area contributed by atoms with E-state index in [-0.39, 0.29) is 11.6 Å². The molecule has 0 radical (unpaired) electrons. The van der Waals surface area contributed by atoms with E-state index in [4.69, 9.17) is 5.10 Å². The normalized spacial score (nSPS) is 20.4. The Balaban J connectivity index is 1.41. The number of aliphatic imine (C=N–C) groups is 1. The largest absolute Gasteiger partial charge is 0.346 e. The molecule has 8 nitrogen and oxygen atoms in total. The van der Waals surface area contributed by atoms with Gasteiger partial charge >= 0.3 is 0 Å². The SMILES string of the molecule is C[C@@H]1CN2N=C(N3CCn4ccnc4C3)C=C(C(=O)N[C@H](C)c3cccc(C(F)F)c3F)C2=N1. The third kappa shape index (κ3) is 3.95. The number of hydrogen-bond acceptors (Lipinski definition) is 6. The second-order valence-electron chi connectivity index (χ2n) is 8.60. The van der Waals surface area contributed by atoms with E-state index in [9.17, 15) is 18.0 Å². The lowest BCUT2D eigenvalue weighted by Gasteiger charge is -2.32. The number of halogens is 3. The Hall–Kier alpha value is -3.63. The number of nitrogens with one attached hydrogen (secondary N) is 1. The van der Waals surface area contributed by atoms with E-state index in [0.29, 0.717) is 36.9 Å². The molecule has 3 aliphatic rings. The Morgan fingerprint density at radius 1 is 1.24 bits per heavy atom. The number of aromatic nitrogens is 2. The number of fused-ring (bicyclic) bond motifs is 2. The molecule has 0 unspecified atom stereocenters. The first kappa shape index (κ1) is 22.2. The highest BCUT2D eigenvalue weighted by Gasteiger charge is 2.34. The maximum absolute atomic E-state index is 14.6. The molecule has 1 amide bonds. The van der Waals surface area contributed by atoms with Crippen molar-refractivity contribution in [2.75, 3.05) is 13.1 Å². The van der Waals surface area contributed by atoms with Crippen molar-refractivity contribution in [3.63, 3.8) is 0 Å². The van der Waals surface area contributed by atoms with E-state index < -0.39 is 29.8 Å². The van der Waals surface area contributed by atoms with Crippen molar-refractivity contribution in [1.82, 2.24) is 24.8 Å². The second kappa shape index (κ2) is 8.62. The first-order chi connectivity index (χ1) is 16.3. The molecule has 0 saturated heterocycles. The molecule has 3 aliphatic heterocycles. The zero-order valence-corrected chi connectivity index (χ0v) is 18.8. The van der Waals surface area contributed by atoms with Gasteiger partial charge in [-0.2, -0.15) is 5.10 Å². The highest BCUT2D eigenvalue weighted by molar-refractivity contribution is 6.25. The van der Waals surface area contributed by atoms with Crippen LogP contribution in [-0.4, -0.2) is 56.2 Å². The molecule has 0 bridgehead atoms. The van der Waals surface area contributed by atoms with Crippen molar-refractivity contribution in [2.24, 2.45) is 10.1 Å². The fourth-order valence-corrected chi connectivity index (χ4v) is 4.41. The van der Waals surface area contributed by atoms with Gasteiger partial charge in [0.2, 0.25) is 0 Å². The summed E-state index contributed by atoms with van der Waals surface area (Å²) in [6.45, 7) is 6.03. The van der Waals surface area contributed by atoms with Gasteiger partial charge in [-0.15, -0.1) is 0 Å². The van der Waals surface area contributed by atoms with Gasteiger partial charge in [0.15, 0.2) is 11.7 Å². The van der Waals surface area contributed by atoms with Crippen LogP contribution in [-0.2, 0) is 17.9 Å². The first-order valence-corrected chi connectivity index (χ1v) is 11.1. The summed E-state index contributed by atoms with van der Waals surface area (Å²) >= 11 is 0. The lowest BCUT2D eigenvalue weighted by atomic mass is 10.0. The zero-order chi connectivity index (χ0) is 24.0. The number of alkyl halides is 2. The maximum Gasteiger partial charge on any atom is 0.266 e. The third-order valence-electron chi connectivity index (χ3n) is 6.18. The van der Waals surface area contributed by atoms with Gasteiger partial charge in [-0.1, -0.05) is 18.2 Å². The van der Waals surface area contributed by atoms with Crippen molar-refractivity contribution < 1.29 is 18.0 Å². The number of amides is 1. The van der Waals surface area contributed by atoms with Gasteiger partial charge in [0.05, 0.1) is 36.3 Å². The van der Waals surface area contributed by atoms with Crippen LogP contribution in [0, 0.1) is 5.82 Å². The third-order valence-corrected chi connectivity index (χ3v) is 6.18. The predicted molar refractivity (Wildman–Crippen MR) is 120 cm³/mol. The molecular weight excluding hydrogens is 447 g/mol. The molecule has 34 heavy (non-hydrogen) atoms. The lowest BCUT2D eigenvalue weighted by Crippen LogP contribution is -2.44. The van der Waals surface area contributed by atoms with Crippen LogP contribution in [0.3, 0.4) is 0 Å². The number of amidine groups is 2. The average Bonchev–Trinajstić information content (AvgIpc) is 3.42. The maximum atomic E-state index is 14.6. The Labute approximate surface area is 194 Å². The van der Waals surface area contributed by atoms with E-state index in [1.165, 1.54) is 12.1 Å². The highest BCUT2D eigenvalue weighted by atomic mass is 19.3. The van der Waals surface area contributed by atoms with Gasteiger partial charge in [0.1, 0.15) is 11.6 Å². The number of carbonyl (C=O) groups is 1. The average molecular weight is 471 g/mol. The summed E-state index contributed by atoms with van der Waals surface area (Å²) in [5, 5.41) is 9.15. The number of nitrogens with zero attached hydrogens (tertiary/aromatic N) is 6. The molecule has 178 valence electrons. The molecule has 0 saturated carbocycles. The van der Waals surface area contributed by atoms with Crippen LogP contribution in [0.5, 0.6) is 0 Å². The van der Waals surface area contributed by atoms with Crippen molar-refractivity contribution >= 4 is 17.6 Å². The van der Waals surface area contributed by atoms with Crippen molar-refractivity contribution in [3.05, 3.63) is 65.0 Å². The highest BCUT2D eigenvalue weighted by Crippen LogP contribution is 2.28. The molecule has 11 heteroatoms. The smallest absolute Gasteiger partial charge is 0.266 e. The van der Waals surface area contributed by atoms with E-state index in [1.54, 1.807) is 24.2 Å². The van der Waals surface area contributed by atoms with Gasteiger partial charge in [0, 0.05) is 31.0 Å². The van der Waals surface area contributed by atoms with Gasteiger partial charge in [0.25, 0.3) is 12.3 Å². The molecule has 0 aliphatic carbocycles. The van der Waals surface area contributed by atoms with Gasteiger partial charge in [-0.3, -0.25) is 9.79 Å². The number of rotatable bonds is 4. The molecule has 1 aromatic heterocycles. The Kier molecular flexibility index (Phi) is 5.62. The van der Waals surface area contributed by atoms with Crippen LogP contribution in [0.4, 0.5) is 13.2 Å². The molecule has 1 N–H and O–H groups in total. The summed E-state index contributed by atoms with van der Waals surface area (Å²) in [6.07, 6.45) is 2.43. The fourth-order valence-electron chi connectivity index (χ4n) is 4.41. The molecule has 0 fully saturated rings. The van der Waals surface area contributed by atoms with Gasteiger partial charge < -0.3 is 14.8 Å². The minimum absolute atomic E-state index is 0.00194. The Bertz CT molecular complexity index is 1220. The first-order valence-electron chi connectivity index (χ1n) is 11.1. The van der Waals surface area contributed by atoms with Crippen LogP contribution in [0.1, 0.15) is 43.3 Å². The standard InChI is InChI=1S/C23H24F3N7O/c1-13-11-33-22(28-13)17(10-18(30-33)32-9-8-31-7-6-27-19(31)12-32)23(34)29-14(2)15-4-3-5-16(20(15)24)21(25)26/h3-7,10,13-14,21H,8-9,11-12H2,1-2H3,(H,29,34)/t13-,14-/m1/s1. The van der Waals surface area contributed by atoms with Crippen LogP contribution in [0.2, 0.25) is 0 Å². The van der Waals surface area contributed by atoms with Gasteiger partial charge in [-0.25, -0.2) is 23.2 Å². The zero-order valence-electron chi connectivity index (χ0n) is 18.8. The number of hydrogen-bond donors (Lipinski definition) is 1. The Morgan fingerprint density at radius 2 is 2.03 bits per heavy atom. The molecular formula is C23H24F3N7O. The monoisotopic (exact) mass is 471 g/mol. The predicted octanol–water partition coefficient (Wildman–Crippen LogP) is 3.01. The minimum atomic E-state index is -2.94. The van der Waals surface area contributed by atoms with Crippen LogP contribution in [0.25, 0.3) is 0 Å². The summed E-state index contributed by atoms with van der Waals surface area (Å²) in [4.78, 5) is 24.3. The molecule has 4 heterocycles. The summed E-state index contributed by atoms with van der Waals surface area (Å²) < 4.78 is 42.9. The second-order valence-corrected chi connectivity index (χ2v) is 8.60. The molecule has 2 atom stereocenters.